The minimum Gasteiger partial charge on any atom is -0.366 e. The van der Waals surface area contributed by atoms with Gasteiger partial charge in [0.15, 0.2) is 0 Å². The van der Waals surface area contributed by atoms with Gasteiger partial charge in [-0.1, -0.05) is 48.7 Å². The van der Waals surface area contributed by atoms with Gasteiger partial charge < -0.3 is 11.1 Å². The van der Waals surface area contributed by atoms with Crippen molar-refractivity contribution in [3.63, 3.8) is 0 Å². The van der Waals surface area contributed by atoms with E-state index in [2.05, 4.69) is 11.4 Å². The third-order valence-electron chi connectivity index (χ3n) is 5.22. The lowest BCUT2D eigenvalue weighted by Crippen LogP contribution is -2.38. The number of rotatable bonds is 4. The SMILES string of the molecule is Cc1cccc(C2(C(=O)Nc3ccc(C)c(C(N)=O)c3)CCCC2)c1. The fraction of sp³-hybridized carbons (Fsp3) is 0.333. The Bertz CT molecular complexity index is 820. The van der Waals surface area contributed by atoms with Gasteiger partial charge >= 0.3 is 0 Å². The highest BCUT2D eigenvalue weighted by molar-refractivity contribution is 6.01. The molecule has 0 heterocycles. The Labute approximate surface area is 148 Å². The molecule has 3 N–H and O–H groups in total. The zero-order chi connectivity index (χ0) is 18.0. The number of anilines is 1. The van der Waals surface area contributed by atoms with E-state index in [9.17, 15) is 9.59 Å². The van der Waals surface area contributed by atoms with Gasteiger partial charge in [-0.15, -0.1) is 0 Å². The average molecular weight is 336 g/mol. The minimum absolute atomic E-state index is 0.00475. The number of nitrogens with one attached hydrogen (secondary N) is 1. The summed E-state index contributed by atoms with van der Waals surface area (Å²) in [5, 5.41) is 3.02. The van der Waals surface area contributed by atoms with Gasteiger partial charge in [-0.3, -0.25) is 9.59 Å². The number of amides is 2. The molecule has 0 saturated heterocycles. The Balaban J connectivity index is 1.93. The molecule has 2 amide bonds. The van der Waals surface area contributed by atoms with E-state index >= 15 is 0 Å². The van der Waals surface area contributed by atoms with Crippen LogP contribution < -0.4 is 11.1 Å². The third kappa shape index (κ3) is 3.29. The lowest BCUT2D eigenvalue weighted by atomic mass is 9.77. The molecule has 0 bridgehead atoms. The van der Waals surface area contributed by atoms with E-state index in [1.54, 1.807) is 6.07 Å². The molecule has 0 atom stereocenters. The number of nitrogens with two attached hydrogens (primary N) is 1. The van der Waals surface area contributed by atoms with Gasteiger partial charge in [0.1, 0.15) is 0 Å². The molecule has 0 spiro atoms. The number of aryl methyl sites for hydroxylation is 2. The van der Waals surface area contributed by atoms with Crippen molar-refractivity contribution >= 4 is 17.5 Å². The van der Waals surface area contributed by atoms with Crippen molar-refractivity contribution in [2.45, 2.75) is 44.9 Å². The molecule has 4 heteroatoms. The van der Waals surface area contributed by atoms with Crippen molar-refractivity contribution in [1.29, 1.82) is 0 Å². The molecule has 2 aromatic carbocycles. The number of hydrogen-bond acceptors (Lipinski definition) is 2. The lowest BCUT2D eigenvalue weighted by Gasteiger charge is -2.29. The van der Waals surface area contributed by atoms with Crippen molar-refractivity contribution in [2.75, 3.05) is 5.32 Å². The molecular formula is C21H24N2O2. The van der Waals surface area contributed by atoms with E-state index in [-0.39, 0.29) is 5.91 Å². The van der Waals surface area contributed by atoms with E-state index in [1.807, 2.05) is 44.2 Å². The summed E-state index contributed by atoms with van der Waals surface area (Å²) in [6.07, 6.45) is 3.78. The van der Waals surface area contributed by atoms with Crippen LogP contribution in [0.4, 0.5) is 5.69 Å². The van der Waals surface area contributed by atoms with Crippen LogP contribution in [-0.2, 0) is 10.2 Å². The maximum atomic E-state index is 13.2. The molecule has 1 aliphatic carbocycles. The normalized spacial score (nSPS) is 15.8. The van der Waals surface area contributed by atoms with Crippen LogP contribution in [0.15, 0.2) is 42.5 Å². The van der Waals surface area contributed by atoms with Crippen molar-refractivity contribution in [3.05, 3.63) is 64.7 Å². The summed E-state index contributed by atoms with van der Waals surface area (Å²) in [5.74, 6) is -0.488. The van der Waals surface area contributed by atoms with Gasteiger partial charge in [0, 0.05) is 11.3 Å². The molecule has 130 valence electrons. The van der Waals surface area contributed by atoms with Crippen molar-refractivity contribution in [3.8, 4) is 0 Å². The van der Waals surface area contributed by atoms with E-state index < -0.39 is 11.3 Å². The zero-order valence-corrected chi connectivity index (χ0v) is 14.8. The molecule has 2 aromatic rings. The first kappa shape index (κ1) is 17.2. The van der Waals surface area contributed by atoms with Gasteiger partial charge in [0.2, 0.25) is 11.8 Å². The number of benzene rings is 2. The van der Waals surface area contributed by atoms with Crippen LogP contribution in [0.5, 0.6) is 0 Å². The smallest absolute Gasteiger partial charge is 0.249 e. The Morgan fingerprint density at radius 1 is 1.04 bits per heavy atom. The molecule has 0 aliphatic heterocycles. The third-order valence-corrected chi connectivity index (χ3v) is 5.22. The molecule has 3 rings (SSSR count). The molecule has 1 saturated carbocycles. The van der Waals surface area contributed by atoms with Gasteiger partial charge in [-0.2, -0.15) is 0 Å². The van der Waals surface area contributed by atoms with Crippen molar-refractivity contribution in [1.82, 2.24) is 0 Å². The molecule has 1 aliphatic rings. The topological polar surface area (TPSA) is 72.2 Å². The predicted molar refractivity (Wildman–Crippen MR) is 99.7 cm³/mol. The second kappa shape index (κ2) is 6.71. The monoisotopic (exact) mass is 336 g/mol. The first-order valence-corrected chi connectivity index (χ1v) is 8.71. The van der Waals surface area contributed by atoms with Crippen LogP contribution in [0.2, 0.25) is 0 Å². The van der Waals surface area contributed by atoms with Crippen molar-refractivity contribution < 1.29 is 9.59 Å². The van der Waals surface area contributed by atoms with Crippen LogP contribution >= 0.6 is 0 Å². The molecule has 0 unspecified atom stereocenters. The Kier molecular flexibility index (Phi) is 4.62. The van der Waals surface area contributed by atoms with Crippen LogP contribution in [-0.4, -0.2) is 11.8 Å². The largest absolute Gasteiger partial charge is 0.366 e. The second-order valence-electron chi connectivity index (χ2n) is 7.01. The van der Waals surface area contributed by atoms with E-state index in [1.165, 1.54) is 0 Å². The number of carbonyl (C=O) groups is 2. The number of carbonyl (C=O) groups excluding carboxylic acids is 2. The lowest BCUT2D eigenvalue weighted by molar-refractivity contribution is -0.121. The first-order valence-electron chi connectivity index (χ1n) is 8.71. The molecule has 0 radical (unpaired) electrons. The quantitative estimate of drug-likeness (QED) is 0.890. The van der Waals surface area contributed by atoms with E-state index in [0.29, 0.717) is 11.3 Å². The molecule has 4 nitrogen and oxygen atoms in total. The Hall–Kier alpha value is -2.62. The molecular weight excluding hydrogens is 312 g/mol. The fourth-order valence-electron chi connectivity index (χ4n) is 3.78. The maximum absolute atomic E-state index is 13.2. The summed E-state index contributed by atoms with van der Waals surface area (Å²) in [6.45, 7) is 3.88. The number of primary amides is 1. The number of hydrogen-bond donors (Lipinski definition) is 2. The van der Waals surface area contributed by atoms with Crippen LogP contribution in [0, 0.1) is 13.8 Å². The van der Waals surface area contributed by atoms with Crippen LogP contribution in [0.1, 0.15) is 52.7 Å². The van der Waals surface area contributed by atoms with Gasteiger partial charge in [0.05, 0.1) is 5.41 Å². The summed E-state index contributed by atoms with van der Waals surface area (Å²) in [4.78, 5) is 24.7. The van der Waals surface area contributed by atoms with Gasteiger partial charge in [-0.05, 0) is 49.9 Å². The average Bonchev–Trinajstić information content (AvgIpc) is 3.07. The second-order valence-corrected chi connectivity index (χ2v) is 7.01. The first-order chi connectivity index (χ1) is 11.9. The molecule has 1 fully saturated rings. The molecule has 0 aromatic heterocycles. The summed E-state index contributed by atoms with van der Waals surface area (Å²) in [5.41, 5.74) is 9.01. The van der Waals surface area contributed by atoms with Crippen molar-refractivity contribution in [2.24, 2.45) is 5.73 Å². The van der Waals surface area contributed by atoms with Gasteiger partial charge in [0.25, 0.3) is 0 Å². The highest BCUT2D eigenvalue weighted by Gasteiger charge is 2.42. The fourth-order valence-corrected chi connectivity index (χ4v) is 3.78. The Morgan fingerprint density at radius 2 is 1.76 bits per heavy atom. The summed E-state index contributed by atoms with van der Waals surface area (Å²) < 4.78 is 0. The van der Waals surface area contributed by atoms with Gasteiger partial charge in [-0.25, -0.2) is 0 Å². The summed E-state index contributed by atoms with van der Waals surface area (Å²) in [7, 11) is 0. The summed E-state index contributed by atoms with van der Waals surface area (Å²) >= 11 is 0. The standard InChI is InChI=1S/C21H24N2O2/c1-14-6-5-7-16(12-14)21(10-3-4-11-21)20(25)23-17-9-8-15(2)18(13-17)19(22)24/h5-9,12-13H,3-4,10-11H2,1-2H3,(H2,22,24)(H,23,25). The van der Waals surface area contributed by atoms with Crippen LogP contribution in [0.25, 0.3) is 0 Å². The highest BCUT2D eigenvalue weighted by Crippen LogP contribution is 2.42. The van der Waals surface area contributed by atoms with Crippen LogP contribution in [0.3, 0.4) is 0 Å². The summed E-state index contributed by atoms with van der Waals surface area (Å²) in [6, 6.07) is 13.5. The zero-order valence-electron chi connectivity index (χ0n) is 14.8. The highest BCUT2D eigenvalue weighted by atomic mass is 16.2. The molecule has 25 heavy (non-hydrogen) atoms. The predicted octanol–water partition coefficient (Wildman–Crippen LogP) is 3.85. The Morgan fingerprint density at radius 3 is 2.40 bits per heavy atom. The maximum Gasteiger partial charge on any atom is 0.249 e. The van der Waals surface area contributed by atoms with E-state index in [4.69, 9.17) is 5.73 Å². The van der Waals surface area contributed by atoms with E-state index in [0.717, 1.165) is 42.4 Å². The minimum atomic E-state index is -0.496.